The van der Waals surface area contributed by atoms with Crippen molar-refractivity contribution in [3.05, 3.63) is 117 Å². The normalized spacial score (nSPS) is 18.1. The molecule has 0 unspecified atom stereocenters. The number of allylic oxidation sites excluding steroid dienone is 1. The standard InChI is InChI=1S/C46H52ClN7O7S/c1-30(31-14-22-60-23-15-31)50-41-11-9-38(26-42(41)54(56)57)62(58,59)51-45(55)39-10-8-36(25-43(39)61-37-24-33-13-17-48-44(33)49-28-37)53-20-18-52(19-21-53)29-34-12-16-46(2,3)27-40(34)32-4-6-35(47)7-5-32/h4-11,13,17,24-26,28,30-31,50H,12,14-16,18-23,27,29H2,1-3H3,(H,48,49)(H,51,55)/t30-/m1/s1. The van der Waals surface area contributed by atoms with Gasteiger partial charge in [0.2, 0.25) is 0 Å². The number of anilines is 2. The maximum Gasteiger partial charge on any atom is 0.293 e. The zero-order valence-corrected chi connectivity index (χ0v) is 36.7. The Morgan fingerprint density at radius 2 is 1.81 bits per heavy atom. The summed E-state index contributed by atoms with van der Waals surface area (Å²) in [6, 6.07) is 20.3. The number of H-pyrrole nitrogens is 1. The second-order valence-corrected chi connectivity index (χ2v) is 19.4. The molecule has 3 aliphatic rings. The molecule has 2 aromatic heterocycles. The van der Waals surface area contributed by atoms with Crippen LogP contribution in [0.4, 0.5) is 17.1 Å². The van der Waals surface area contributed by atoms with Gasteiger partial charge in [0.25, 0.3) is 21.6 Å². The second-order valence-electron chi connectivity index (χ2n) is 17.3. The molecular weight excluding hydrogens is 830 g/mol. The van der Waals surface area contributed by atoms with Crippen LogP contribution in [0.1, 0.15) is 68.8 Å². The van der Waals surface area contributed by atoms with E-state index in [1.807, 2.05) is 25.1 Å². The average molecular weight is 882 g/mol. The molecule has 326 valence electrons. The third-order valence-corrected chi connectivity index (χ3v) is 14.0. The fourth-order valence-corrected chi connectivity index (χ4v) is 9.86. The number of benzene rings is 3. The van der Waals surface area contributed by atoms with E-state index in [0.29, 0.717) is 24.6 Å². The van der Waals surface area contributed by atoms with Crippen LogP contribution < -0.4 is 19.7 Å². The molecule has 2 fully saturated rings. The van der Waals surface area contributed by atoms with Gasteiger partial charge < -0.3 is 24.7 Å². The number of hydrogen-bond donors (Lipinski definition) is 3. The molecule has 2 aliphatic heterocycles. The van der Waals surface area contributed by atoms with Gasteiger partial charge in [-0.2, -0.15) is 0 Å². The number of nitro groups is 1. The molecule has 1 amide bonds. The quantitative estimate of drug-likeness (QED) is 0.0761. The van der Waals surface area contributed by atoms with Crippen LogP contribution in [0, 0.1) is 21.4 Å². The van der Waals surface area contributed by atoms with E-state index in [2.05, 4.69) is 55.8 Å². The number of carbonyl (C=O) groups is 1. The lowest BCUT2D eigenvalue weighted by molar-refractivity contribution is -0.384. The Balaban J connectivity index is 1.01. The average Bonchev–Trinajstić information content (AvgIpc) is 3.73. The number of carbonyl (C=O) groups excluding carboxylic acids is 1. The fraction of sp³-hybridized carbons (Fsp3) is 0.391. The summed E-state index contributed by atoms with van der Waals surface area (Å²) in [5.74, 6) is -0.230. The summed E-state index contributed by atoms with van der Waals surface area (Å²) in [5, 5.41) is 16.9. The molecule has 0 saturated carbocycles. The first-order valence-electron chi connectivity index (χ1n) is 21.1. The summed E-state index contributed by atoms with van der Waals surface area (Å²) in [6.45, 7) is 11.8. The number of nitrogens with one attached hydrogen (secondary N) is 3. The fourth-order valence-electron chi connectivity index (χ4n) is 8.75. The van der Waals surface area contributed by atoms with Crippen molar-refractivity contribution in [1.82, 2.24) is 19.6 Å². The Morgan fingerprint density at radius 3 is 2.55 bits per heavy atom. The number of pyridine rings is 1. The monoisotopic (exact) mass is 881 g/mol. The van der Waals surface area contributed by atoms with Gasteiger partial charge >= 0.3 is 0 Å². The largest absolute Gasteiger partial charge is 0.455 e. The summed E-state index contributed by atoms with van der Waals surface area (Å²) in [7, 11) is -4.57. The lowest BCUT2D eigenvalue weighted by atomic mass is 9.72. The van der Waals surface area contributed by atoms with Crippen molar-refractivity contribution in [2.45, 2.75) is 63.8 Å². The van der Waals surface area contributed by atoms with Crippen LogP contribution in [-0.4, -0.2) is 86.1 Å². The topological polar surface area (TPSA) is 172 Å². The highest BCUT2D eigenvalue weighted by atomic mass is 35.5. The SMILES string of the molecule is C[C@@H](Nc1ccc(S(=O)(=O)NC(=O)c2ccc(N3CCN(CC4=C(c5ccc(Cl)cc5)CC(C)(C)CC4)CC3)cc2Oc2cnc3[nH]ccc3c2)cc1[N+](=O)[O-])C1CCOCC1. The molecule has 62 heavy (non-hydrogen) atoms. The van der Waals surface area contributed by atoms with Gasteiger partial charge in [0.05, 0.1) is 21.6 Å². The van der Waals surface area contributed by atoms with Gasteiger partial charge in [0.15, 0.2) is 0 Å². The minimum absolute atomic E-state index is 0.0370. The second kappa shape index (κ2) is 18.1. The molecule has 4 heterocycles. The van der Waals surface area contributed by atoms with Crippen molar-refractivity contribution in [3.8, 4) is 11.5 Å². The Hall–Kier alpha value is -5.48. The Morgan fingerprint density at radius 1 is 1.05 bits per heavy atom. The Kier molecular flexibility index (Phi) is 12.6. The lowest BCUT2D eigenvalue weighted by Crippen LogP contribution is -2.47. The molecule has 0 spiro atoms. The minimum atomic E-state index is -4.57. The summed E-state index contributed by atoms with van der Waals surface area (Å²) >= 11 is 6.24. The first-order chi connectivity index (χ1) is 29.7. The molecule has 1 atom stereocenters. The number of sulfonamides is 1. The Labute approximate surface area is 366 Å². The van der Waals surface area contributed by atoms with Gasteiger partial charge in [0, 0.05) is 86.4 Å². The summed E-state index contributed by atoms with van der Waals surface area (Å²) < 4.78 is 41.4. The molecule has 5 aromatic rings. The predicted octanol–water partition coefficient (Wildman–Crippen LogP) is 9.05. The number of nitro benzene ring substituents is 1. The van der Waals surface area contributed by atoms with E-state index in [9.17, 15) is 23.3 Å². The van der Waals surface area contributed by atoms with Crippen LogP contribution in [0.3, 0.4) is 0 Å². The highest BCUT2D eigenvalue weighted by molar-refractivity contribution is 7.90. The number of aromatic nitrogens is 2. The van der Waals surface area contributed by atoms with Crippen LogP contribution >= 0.6 is 11.6 Å². The van der Waals surface area contributed by atoms with E-state index >= 15 is 0 Å². The maximum absolute atomic E-state index is 13.9. The number of halogens is 1. The van der Waals surface area contributed by atoms with Crippen molar-refractivity contribution in [3.63, 3.8) is 0 Å². The molecule has 0 bridgehead atoms. The van der Waals surface area contributed by atoms with Crippen LogP contribution in [0.5, 0.6) is 11.5 Å². The smallest absolute Gasteiger partial charge is 0.293 e. The van der Waals surface area contributed by atoms with Gasteiger partial charge in [-0.1, -0.05) is 43.2 Å². The number of rotatable bonds is 13. The lowest BCUT2D eigenvalue weighted by Gasteiger charge is -2.39. The summed E-state index contributed by atoms with van der Waals surface area (Å²) in [6.07, 6.45) is 8.10. The van der Waals surface area contributed by atoms with Gasteiger partial charge in [-0.25, -0.2) is 18.1 Å². The van der Waals surface area contributed by atoms with Gasteiger partial charge in [0.1, 0.15) is 22.8 Å². The number of piperazine rings is 1. The van der Waals surface area contributed by atoms with Crippen molar-refractivity contribution < 1.29 is 27.6 Å². The van der Waals surface area contributed by atoms with Crippen molar-refractivity contribution >= 4 is 61.2 Å². The van der Waals surface area contributed by atoms with Gasteiger partial charge in [-0.05, 0) is 110 Å². The highest BCUT2D eigenvalue weighted by Crippen LogP contribution is 2.43. The zero-order valence-electron chi connectivity index (χ0n) is 35.2. The van der Waals surface area contributed by atoms with E-state index in [4.69, 9.17) is 21.1 Å². The molecule has 3 aromatic carbocycles. The number of ether oxygens (including phenoxy) is 2. The highest BCUT2D eigenvalue weighted by Gasteiger charge is 2.31. The molecule has 16 heteroatoms. The Bertz CT molecular complexity index is 2600. The molecular formula is C46H52ClN7O7S. The molecule has 1 aliphatic carbocycles. The molecule has 8 rings (SSSR count). The number of aromatic amines is 1. The zero-order chi connectivity index (χ0) is 43.6. The summed E-state index contributed by atoms with van der Waals surface area (Å²) in [5.41, 5.74) is 5.54. The first-order valence-corrected chi connectivity index (χ1v) is 23.0. The van der Waals surface area contributed by atoms with E-state index in [0.717, 1.165) is 87.0 Å². The van der Waals surface area contributed by atoms with Crippen LogP contribution in [0.25, 0.3) is 16.6 Å². The van der Waals surface area contributed by atoms with Crippen LogP contribution in [-0.2, 0) is 14.8 Å². The van der Waals surface area contributed by atoms with E-state index in [1.54, 1.807) is 30.5 Å². The van der Waals surface area contributed by atoms with Crippen molar-refractivity contribution in [2.75, 3.05) is 56.2 Å². The third kappa shape index (κ3) is 9.91. The first kappa shape index (κ1) is 43.2. The van der Waals surface area contributed by atoms with Gasteiger partial charge in [-0.3, -0.25) is 19.8 Å². The molecule has 14 nitrogen and oxygen atoms in total. The van der Waals surface area contributed by atoms with E-state index < -0.39 is 31.4 Å². The molecule has 0 radical (unpaired) electrons. The van der Waals surface area contributed by atoms with E-state index in [-0.39, 0.29) is 34.4 Å². The van der Waals surface area contributed by atoms with Crippen LogP contribution in [0.2, 0.25) is 5.02 Å². The van der Waals surface area contributed by atoms with Gasteiger partial charge in [-0.15, -0.1) is 0 Å². The van der Waals surface area contributed by atoms with E-state index in [1.165, 1.54) is 35.0 Å². The predicted molar refractivity (Wildman–Crippen MR) is 242 cm³/mol. The summed E-state index contributed by atoms with van der Waals surface area (Å²) in [4.78, 5) is 37.3. The molecule has 3 N–H and O–H groups in total. The van der Waals surface area contributed by atoms with Crippen LogP contribution in [0.15, 0.2) is 95.7 Å². The molecule has 2 saturated heterocycles. The van der Waals surface area contributed by atoms with Crippen molar-refractivity contribution in [2.24, 2.45) is 11.3 Å². The maximum atomic E-state index is 13.9. The van der Waals surface area contributed by atoms with Crippen molar-refractivity contribution in [1.29, 1.82) is 0 Å². The number of fused-ring (bicyclic) bond motifs is 1. The third-order valence-electron chi connectivity index (χ3n) is 12.4. The number of hydrogen-bond acceptors (Lipinski definition) is 11. The number of nitrogens with zero attached hydrogens (tertiary/aromatic N) is 4. The minimum Gasteiger partial charge on any atom is -0.455 e. The number of amides is 1.